The van der Waals surface area contributed by atoms with Crippen LogP contribution in [0.1, 0.15) is 18.1 Å². The summed E-state index contributed by atoms with van der Waals surface area (Å²) in [6, 6.07) is 13.0. The van der Waals surface area contributed by atoms with E-state index in [0.29, 0.717) is 6.54 Å². The predicted octanol–water partition coefficient (Wildman–Crippen LogP) is 3.27. The third-order valence-corrected chi connectivity index (χ3v) is 3.01. The summed E-state index contributed by atoms with van der Waals surface area (Å²) in [5, 5.41) is 15.7. The van der Waals surface area contributed by atoms with E-state index in [4.69, 9.17) is 0 Å². The first-order valence-electron chi connectivity index (χ1n) is 6.45. The van der Waals surface area contributed by atoms with Crippen LogP contribution in [0, 0.1) is 6.92 Å². The van der Waals surface area contributed by atoms with Crippen molar-refractivity contribution in [1.82, 2.24) is 0 Å². The third kappa shape index (κ3) is 3.51. The Labute approximate surface area is 118 Å². The number of aryl methyl sites for hydroxylation is 1. The molecule has 4 heteroatoms. The quantitative estimate of drug-likeness (QED) is 0.799. The normalized spacial score (nSPS) is 10.1. The standard InChI is InChI=1S/C16H18N2O2/c1-11-9-14(7-8-15(11)18-12(2)19)17-10-13-5-3-4-6-16(13)20/h3-9,17,20H,10H2,1-2H3,(H,18,19). The van der Waals surface area contributed by atoms with Gasteiger partial charge in [0.05, 0.1) is 0 Å². The molecule has 0 spiro atoms. The minimum absolute atomic E-state index is 0.0805. The zero-order valence-corrected chi connectivity index (χ0v) is 11.6. The molecule has 0 aliphatic rings. The molecule has 4 nitrogen and oxygen atoms in total. The fourth-order valence-corrected chi connectivity index (χ4v) is 1.96. The molecule has 0 heterocycles. The fourth-order valence-electron chi connectivity index (χ4n) is 1.96. The van der Waals surface area contributed by atoms with E-state index in [-0.39, 0.29) is 11.7 Å². The maximum Gasteiger partial charge on any atom is 0.221 e. The number of anilines is 2. The van der Waals surface area contributed by atoms with Crippen LogP contribution in [0.15, 0.2) is 42.5 Å². The highest BCUT2D eigenvalue weighted by Crippen LogP contribution is 2.22. The first-order valence-corrected chi connectivity index (χ1v) is 6.45. The van der Waals surface area contributed by atoms with Crippen LogP contribution < -0.4 is 10.6 Å². The molecule has 2 aromatic rings. The number of benzene rings is 2. The molecule has 2 aromatic carbocycles. The molecule has 20 heavy (non-hydrogen) atoms. The summed E-state index contributed by atoms with van der Waals surface area (Å²) in [4.78, 5) is 11.0. The lowest BCUT2D eigenvalue weighted by Gasteiger charge is -2.11. The fraction of sp³-hybridized carbons (Fsp3) is 0.188. The lowest BCUT2D eigenvalue weighted by molar-refractivity contribution is -0.114. The Morgan fingerprint density at radius 1 is 1.20 bits per heavy atom. The minimum Gasteiger partial charge on any atom is -0.508 e. The van der Waals surface area contributed by atoms with Crippen LogP contribution in [0.5, 0.6) is 5.75 Å². The van der Waals surface area contributed by atoms with Crippen molar-refractivity contribution in [3.8, 4) is 5.75 Å². The van der Waals surface area contributed by atoms with Crippen LogP contribution in [0.2, 0.25) is 0 Å². The second-order valence-corrected chi connectivity index (χ2v) is 4.69. The van der Waals surface area contributed by atoms with E-state index in [9.17, 15) is 9.90 Å². The van der Waals surface area contributed by atoms with Crippen molar-refractivity contribution in [2.75, 3.05) is 10.6 Å². The van der Waals surface area contributed by atoms with Crippen molar-refractivity contribution < 1.29 is 9.90 Å². The maximum absolute atomic E-state index is 11.0. The Morgan fingerprint density at radius 2 is 1.95 bits per heavy atom. The van der Waals surface area contributed by atoms with Gasteiger partial charge in [-0.15, -0.1) is 0 Å². The molecule has 1 amide bonds. The zero-order chi connectivity index (χ0) is 14.5. The van der Waals surface area contributed by atoms with Crippen molar-refractivity contribution in [2.24, 2.45) is 0 Å². The van der Waals surface area contributed by atoms with Gasteiger partial charge in [0.25, 0.3) is 0 Å². The molecule has 0 aliphatic carbocycles. The lowest BCUT2D eigenvalue weighted by atomic mass is 10.1. The zero-order valence-electron chi connectivity index (χ0n) is 11.6. The molecule has 0 saturated heterocycles. The third-order valence-electron chi connectivity index (χ3n) is 3.01. The van der Waals surface area contributed by atoms with Gasteiger partial charge in [-0.2, -0.15) is 0 Å². The Kier molecular flexibility index (Phi) is 4.25. The molecular formula is C16H18N2O2. The molecule has 0 fully saturated rings. The monoisotopic (exact) mass is 270 g/mol. The van der Waals surface area contributed by atoms with Crippen molar-refractivity contribution in [3.05, 3.63) is 53.6 Å². The van der Waals surface area contributed by atoms with E-state index in [2.05, 4.69) is 10.6 Å². The predicted molar refractivity (Wildman–Crippen MR) is 80.9 cm³/mol. The molecule has 0 saturated carbocycles. The van der Waals surface area contributed by atoms with Gasteiger partial charge in [0.2, 0.25) is 5.91 Å². The average molecular weight is 270 g/mol. The molecule has 104 valence electrons. The number of aromatic hydroxyl groups is 1. The topological polar surface area (TPSA) is 61.4 Å². The van der Waals surface area contributed by atoms with Crippen molar-refractivity contribution in [2.45, 2.75) is 20.4 Å². The molecule has 0 radical (unpaired) electrons. The maximum atomic E-state index is 11.0. The van der Waals surface area contributed by atoms with Crippen molar-refractivity contribution in [1.29, 1.82) is 0 Å². The SMILES string of the molecule is CC(=O)Nc1ccc(NCc2ccccc2O)cc1C. The van der Waals surface area contributed by atoms with E-state index >= 15 is 0 Å². The summed E-state index contributed by atoms with van der Waals surface area (Å²) in [5.41, 5.74) is 3.59. The number of hydrogen-bond donors (Lipinski definition) is 3. The average Bonchev–Trinajstić information content (AvgIpc) is 2.40. The van der Waals surface area contributed by atoms with Crippen LogP contribution in [-0.2, 0) is 11.3 Å². The summed E-state index contributed by atoms with van der Waals surface area (Å²) in [6.07, 6.45) is 0. The number of carbonyl (C=O) groups excluding carboxylic acids is 1. The minimum atomic E-state index is -0.0805. The second-order valence-electron chi connectivity index (χ2n) is 4.69. The van der Waals surface area contributed by atoms with Gasteiger partial charge in [0.1, 0.15) is 5.75 Å². The Hall–Kier alpha value is -2.49. The van der Waals surface area contributed by atoms with E-state index in [1.54, 1.807) is 12.1 Å². The Morgan fingerprint density at radius 3 is 2.60 bits per heavy atom. The first-order chi connectivity index (χ1) is 9.56. The van der Waals surface area contributed by atoms with Crippen molar-refractivity contribution in [3.63, 3.8) is 0 Å². The molecule has 0 aromatic heterocycles. The van der Waals surface area contributed by atoms with Crippen LogP contribution in [0.4, 0.5) is 11.4 Å². The van der Waals surface area contributed by atoms with Gasteiger partial charge >= 0.3 is 0 Å². The van der Waals surface area contributed by atoms with Gasteiger partial charge in [-0.25, -0.2) is 0 Å². The molecule has 3 N–H and O–H groups in total. The van der Waals surface area contributed by atoms with Gasteiger partial charge < -0.3 is 15.7 Å². The highest BCUT2D eigenvalue weighted by atomic mass is 16.3. The number of rotatable bonds is 4. The summed E-state index contributed by atoms with van der Waals surface area (Å²) < 4.78 is 0. The van der Waals surface area contributed by atoms with E-state index in [1.165, 1.54) is 6.92 Å². The number of phenolic OH excluding ortho intramolecular Hbond substituents is 1. The number of nitrogens with one attached hydrogen (secondary N) is 2. The van der Waals surface area contributed by atoms with Crippen LogP contribution in [-0.4, -0.2) is 11.0 Å². The van der Waals surface area contributed by atoms with E-state index in [0.717, 1.165) is 22.5 Å². The molecule has 2 rings (SSSR count). The van der Waals surface area contributed by atoms with Crippen LogP contribution >= 0.6 is 0 Å². The molecule has 0 aliphatic heterocycles. The van der Waals surface area contributed by atoms with E-state index in [1.807, 2.05) is 37.3 Å². The summed E-state index contributed by atoms with van der Waals surface area (Å²) in [5.74, 6) is 0.203. The molecule has 0 bridgehead atoms. The van der Waals surface area contributed by atoms with Gasteiger partial charge in [0, 0.05) is 30.4 Å². The Bertz CT molecular complexity index is 624. The van der Waals surface area contributed by atoms with Gasteiger partial charge in [-0.05, 0) is 36.8 Å². The lowest BCUT2D eigenvalue weighted by Crippen LogP contribution is -2.07. The van der Waals surface area contributed by atoms with Gasteiger partial charge in [-0.3, -0.25) is 4.79 Å². The Balaban J connectivity index is 2.06. The van der Waals surface area contributed by atoms with Gasteiger partial charge in [-0.1, -0.05) is 18.2 Å². The molecule has 0 unspecified atom stereocenters. The molecule has 0 atom stereocenters. The highest BCUT2D eigenvalue weighted by Gasteiger charge is 2.03. The summed E-state index contributed by atoms with van der Waals surface area (Å²) in [7, 11) is 0. The highest BCUT2D eigenvalue weighted by molar-refractivity contribution is 5.89. The first kappa shape index (κ1) is 13.9. The number of phenols is 1. The number of carbonyl (C=O) groups is 1. The van der Waals surface area contributed by atoms with Crippen molar-refractivity contribution >= 4 is 17.3 Å². The van der Waals surface area contributed by atoms with E-state index < -0.39 is 0 Å². The van der Waals surface area contributed by atoms with Crippen LogP contribution in [0.3, 0.4) is 0 Å². The van der Waals surface area contributed by atoms with Gasteiger partial charge in [0.15, 0.2) is 0 Å². The summed E-state index contributed by atoms with van der Waals surface area (Å²) in [6.45, 7) is 3.98. The number of amides is 1. The smallest absolute Gasteiger partial charge is 0.221 e. The molecular weight excluding hydrogens is 252 g/mol. The van der Waals surface area contributed by atoms with Crippen LogP contribution in [0.25, 0.3) is 0 Å². The number of hydrogen-bond acceptors (Lipinski definition) is 3. The largest absolute Gasteiger partial charge is 0.508 e. The number of para-hydroxylation sites is 1. The summed E-state index contributed by atoms with van der Waals surface area (Å²) >= 11 is 0. The second kappa shape index (κ2) is 6.10.